The van der Waals surface area contributed by atoms with E-state index in [4.69, 9.17) is 14.9 Å². The minimum Gasteiger partial charge on any atom is -0.406 e. The molecule has 0 aliphatic rings. The van der Waals surface area contributed by atoms with E-state index in [-0.39, 0.29) is 12.1 Å². The summed E-state index contributed by atoms with van der Waals surface area (Å²) in [5.74, 6) is 0.457. The van der Waals surface area contributed by atoms with Gasteiger partial charge in [0.15, 0.2) is 0 Å². The largest absolute Gasteiger partial charge is 0.406 e. The predicted octanol–water partition coefficient (Wildman–Crippen LogP) is 0.951. The zero-order valence-electron chi connectivity index (χ0n) is 10.3. The lowest BCUT2D eigenvalue weighted by Crippen LogP contribution is -2.34. The smallest absolute Gasteiger partial charge is 0.318 e. The molecule has 16 heavy (non-hydrogen) atoms. The van der Waals surface area contributed by atoms with Crippen molar-refractivity contribution in [1.29, 1.82) is 0 Å². The van der Waals surface area contributed by atoms with Gasteiger partial charge < -0.3 is 19.8 Å². The van der Waals surface area contributed by atoms with Crippen LogP contribution < -0.4 is 10.6 Å². The number of nitrogens with zero attached hydrogens (tertiary/aromatic N) is 3. The van der Waals surface area contributed by atoms with Crippen molar-refractivity contribution in [2.75, 3.05) is 25.2 Å². The summed E-state index contributed by atoms with van der Waals surface area (Å²) in [5.41, 5.74) is 5.66. The summed E-state index contributed by atoms with van der Waals surface area (Å²) in [7, 11) is 1.67. The first-order valence-electron chi connectivity index (χ1n) is 5.40. The van der Waals surface area contributed by atoms with E-state index < -0.39 is 0 Å². The van der Waals surface area contributed by atoms with Gasteiger partial charge in [0.2, 0.25) is 5.89 Å². The van der Waals surface area contributed by atoms with Crippen molar-refractivity contribution in [3.05, 3.63) is 5.89 Å². The van der Waals surface area contributed by atoms with Crippen LogP contribution in [0.5, 0.6) is 0 Å². The van der Waals surface area contributed by atoms with Gasteiger partial charge in [0.1, 0.15) is 0 Å². The minimum absolute atomic E-state index is 0.238. The van der Waals surface area contributed by atoms with Crippen molar-refractivity contribution in [2.24, 2.45) is 5.73 Å². The van der Waals surface area contributed by atoms with E-state index in [2.05, 4.69) is 24.0 Å². The lowest BCUT2D eigenvalue weighted by atomic mass is 10.3. The van der Waals surface area contributed by atoms with Crippen molar-refractivity contribution in [3.8, 4) is 0 Å². The Kier molecular flexibility index (Phi) is 4.70. The van der Waals surface area contributed by atoms with E-state index in [0.29, 0.717) is 18.5 Å². The number of rotatable bonds is 6. The zero-order valence-corrected chi connectivity index (χ0v) is 10.3. The molecule has 92 valence electrons. The number of methoxy groups -OCH3 is 1. The highest BCUT2D eigenvalue weighted by Gasteiger charge is 2.18. The SMILES string of the molecule is COCCN(c1nnc(C(C)N)o1)C(C)C. The van der Waals surface area contributed by atoms with E-state index in [1.807, 2.05) is 11.8 Å². The second-order valence-corrected chi connectivity index (χ2v) is 3.99. The Morgan fingerprint density at radius 2 is 2.06 bits per heavy atom. The minimum atomic E-state index is -0.238. The van der Waals surface area contributed by atoms with Crippen LogP contribution in [0.25, 0.3) is 0 Å². The standard InChI is InChI=1S/C10H20N4O2/c1-7(2)14(5-6-15-4)10-13-12-9(16-10)8(3)11/h7-8H,5-6,11H2,1-4H3. The number of hydrogen-bond donors (Lipinski definition) is 1. The molecule has 0 spiro atoms. The highest BCUT2D eigenvalue weighted by molar-refractivity contribution is 5.25. The number of hydrogen-bond acceptors (Lipinski definition) is 6. The molecule has 1 atom stereocenters. The second-order valence-electron chi connectivity index (χ2n) is 3.99. The third-order valence-electron chi connectivity index (χ3n) is 2.22. The van der Waals surface area contributed by atoms with Gasteiger partial charge in [-0.3, -0.25) is 0 Å². The van der Waals surface area contributed by atoms with E-state index in [0.717, 1.165) is 6.54 Å². The normalized spacial score (nSPS) is 13.1. The van der Waals surface area contributed by atoms with Gasteiger partial charge in [0, 0.05) is 19.7 Å². The van der Waals surface area contributed by atoms with Gasteiger partial charge in [-0.15, -0.1) is 5.10 Å². The molecular weight excluding hydrogens is 208 g/mol. The molecule has 6 heteroatoms. The summed E-state index contributed by atoms with van der Waals surface area (Å²) in [6, 6.07) is 0.536. The molecule has 1 unspecified atom stereocenters. The molecule has 6 nitrogen and oxygen atoms in total. The second kappa shape index (κ2) is 5.81. The fourth-order valence-corrected chi connectivity index (χ4v) is 1.29. The fraction of sp³-hybridized carbons (Fsp3) is 0.800. The molecular formula is C10H20N4O2. The lowest BCUT2D eigenvalue weighted by molar-refractivity contribution is 0.202. The molecule has 1 aromatic heterocycles. The van der Waals surface area contributed by atoms with Crippen LogP contribution in [0.4, 0.5) is 6.01 Å². The van der Waals surface area contributed by atoms with Crippen molar-refractivity contribution in [2.45, 2.75) is 32.9 Å². The molecule has 0 aromatic carbocycles. The number of anilines is 1. The van der Waals surface area contributed by atoms with Gasteiger partial charge >= 0.3 is 6.01 Å². The van der Waals surface area contributed by atoms with Crippen LogP contribution in [0.2, 0.25) is 0 Å². The van der Waals surface area contributed by atoms with Gasteiger partial charge in [0.25, 0.3) is 0 Å². The Labute approximate surface area is 95.8 Å². The summed E-state index contributed by atoms with van der Waals surface area (Å²) in [5, 5.41) is 7.89. The first-order valence-corrected chi connectivity index (χ1v) is 5.40. The summed E-state index contributed by atoms with van der Waals surface area (Å²) < 4.78 is 10.5. The molecule has 0 fully saturated rings. The number of nitrogens with two attached hydrogens (primary N) is 1. The molecule has 1 heterocycles. The molecule has 1 rings (SSSR count). The summed E-state index contributed by atoms with van der Waals surface area (Å²) in [6.07, 6.45) is 0. The van der Waals surface area contributed by atoms with Gasteiger partial charge in [0.05, 0.1) is 12.6 Å². The Morgan fingerprint density at radius 3 is 2.50 bits per heavy atom. The van der Waals surface area contributed by atoms with Gasteiger partial charge in [-0.2, -0.15) is 0 Å². The molecule has 0 bridgehead atoms. The van der Waals surface area contributed by atoms with Gasteiger partial charge in [-0.1, -0.05) is 5.10 Å². The maximum absolute atomic E-state index is 5.66. The summed E-state index contributed by atoms with van der Waals surface area (Å²) >= 11 is 0. The Balaban J connectivity index is 2.76. The highest BCUT2D eigenvalue weighted by atomic mass is 16.5. The summed E-state index contributed by atoms with van der Waals surface area (Å²) in [4.78, 5) is 1.99. The van der Waals surface area contributed by atoms with Crippen LogP contribution >= 0.6 is 0 Å². The van der Waals surface area contributed by atoms with Crippen molar-refractivity contribution >= 4 is 6.01 Å². The number of aromatic nitrogens is 2. The highest BCUT2D eigenvalue weighted by Crippen LogP contribution is 2.17. The molecule has 1 aromatic rings. The average molecular weight is 228 g/mol. The van der Waals surface area contributed by atoms with E-state index >= 15 is 0 Å². The Morgan fingerprint density at radius 1 is 1.38 bits per heavy atom. The lowest BCUT2D eigenvalue weighted by Gasteiger charge is -2.23. The summed E-state index contributed by atoms with van der Waals surface area (Å²) in [6.45, 7) is 7.27. The van der Waals surface area contributed by atoms with E-state index in [9.17, 15) is 0 Å². The van der Waals surface area contributed by atoms with Crippen LogP contribution in [-0.4, -0.2) is 36.5 Å². The van der Waals surface area contributed by atoms with Gasteiger partial charge in [-0.05, 0) is 20.8 Å². The zero-order chi connectivity index (χ0) is 12.1. The van der Waals surface area contributed by atoms with Crippen LogP contribution in [-0.2, 0) is 4.74 Å². The van der Waals surface area contributed by atoms with Crippen LogP contribution in [0.15, 0.2) is 4.42 Å². The quantitative estimate of drug-likeness (QED) is 0.781. The van der Waals surface area contributed by atoms with Crippen molar-refractivity contribution in [1.82, 2.24) is 10.2 Å². The molecule has 0 amide bonds. The Bertz CT molecular complexity index is 312. The molecule has 0 saturated heterocycles. The topological polar surface area (TPSA) is 77.4 Å². The third kappa shape index (κ3) is 3.18. The maximum atomic E-state index is 5.66. The molecule has 0 aliphatic heterocycles. The molecule has 0 aliphatic carbocycles. The Hall–Kier alpha value is -1.14. The van der Waals surface area contributed by atoms with Crippen LogP contribution in [0.1, 0.15) is 32.7 Å². The van der Waals surface area contributed by atoms with E-state index in [1.54, 1.807) is 7.11 Å². The molecule has 0 radical (unpaired) electrons. The molecule has 0 saturated carbocycles. The van der Waals surface area contributed by atoms with Crippen LogP contribution in [0, 0.1) is 0 Å². The van der Waals surface area contributed by atoms with Crippen molar-refractivity contribution in [3.63, 3.8) is 0 Å². The third-order valence-corrected chi connectivity index (χ3v) is 2.22. The maximum Gasteiger partial charge on any atom is 0.318 e. The van der Waals surface area contributed by atoms with Crippen LogP contribution in [0.3, 0.4) is 0 Å². The average Bonchev–Trinajstić information content (AvgIpc) is 2.67. The van der Waals surface area contributed by atoms with Crippen molar-refractivity contribution < 1.29 is 9.15 Å². The first-order chi connectivity index (χ1) is 7.56. The monoisotopic (exact) mass is 228 g/mol. The van der Waals surface area contributed by atoms with Gasteiger partial charge in [-0.25, -0.2) is 0 Å². The predicted molar refractivity (Wildman–Crippen MR) is 61.3 cm³/mol. The van der Waals surface area contributed by atoms with E-state index in [1.165, 1.54) is 0 Å². The first kappa shape index (κ1) is 12.9. The molecule has 2 N–H and O–H groups in total. The number of ether oxygens (including phenoxy) is 1. The fourth-order valence-electron chi connectivity index (χ4n) is 1.29.